The van der Waals surface area contributed by atoms with Gasteiger partial charge in [-0.05, 0) is 25.3 Å². The van der Waals surface area contributed by atoms with E-state index in [1.54, 1.807) is 7.11 Å². The van der Waals surface area contributed by atoms with Gasteiger partial charge in [-0.2, -0.15) is 0 Å². The van der Waals surface area contributed by atoms with Crippen LogP contribution in [0.1, 0.15) is 25.3 Å². The fraction of sp³-hybridized carbons (Fsp3) is 0.500. The quantitative estimate of drug-likeness (QED) is 0.800. The van der Waals surface area contributed by atoms with Crippen LogP contribution in [0.5, 0.6) is 0 Å². The summed E-state index contributed by atoms with van der Waals surface area (Å²) >= 11 is 0. The van der Waals surface area contributed by atoms with Crippen LogP contribution >= 0.6 is 0 Å². The molecule has 3 nitrogen and oxygen atoms in total. The Morgan fingerprint density at radius 2 is 1.82 bits per heavy atom. The zero-order valence-electron chi connectivity index (χ0n) is 10.5. The fourth-order valence-electron chi connectivity index (χ4n) is 2.31. The molecule has 0 bridgehead atoms. The van der Waals surface area contributed by atoms with Gasteiger partial charge in [-0.15, -0.1) is 0 Å². The number of likely N-dealkylation sites (tertiary alicyclic amines) is 1. The lowest BCUT2D eigenvalue weighted by atomic mass is 9.94. The third kappa shape index (κ3) is 2.20. The van der Waals surface area contributed by atoms with Crippen molar-refractivity contribution in [1.82, 2.24) is 4.90 Å². The van der Waals surface area contributed by atoms with E-state index < -0.39 is 5.60 Å². The Hall–Kier alpha value is -1.35. The number of hydrogen-bond acceptors (Lipinski definition) is 2. The highest BCUT2D eigenvalue weighted by Gasteiger charge is 2.39. The minimum absolute atomic E-state index is 0.0729. The molecule has 0 spiro atoms. The van der Waals surface area contributed by atoms with E-state index in [1.165, 1.54) is 0 Å². The van der Waals surface area contributed by atoms with E-state index in [9.17, 15) is 4.79 Å². The number of nitrogens with zero attached hydrogens (tertiary/aromatic N) is 1. The largest absolute Gasteiger partial charge is 0.364 e. The van der Waals surface area contributed by atoms with E-state index >= 15 is 0 Å². The van der Waals surface area contributed by atoms with Crippen LogP contribution in [0.25, 0.3) is 0 Å². The predicted molar refractivity (Wildman–Crippen MR) is 66.6 cm³/mol. The molecule has 0 aromatic heterocycles. The van der Waals surface area contributed by atoms with Crippen molar-refractivity contribution >= 4 is 5.91 Å². The maximum absolute atomic E-state index is 12.5. The van der Waals surface area contributed by atoms with Crippen LogP contribution in [0.2, 0.25) is 0 Å². The normalized spacial score (nSPS) is 19.1. The molecule has 1 fully saturated rings. The summed E-state index contributed by atoms with van der Waals surface area (Å²) < 4.78 is 5.51. The number of carbonyl (C=O) groups is 1. The van der Waals surface area contributed by atoms with Crippen molar-refractivity contribution in [2.24, 2.45) is 0 Å². The first-order valence-electron chi connectivity index (χ1n) is 6.08. The van der Waals surface area contributed by atoms with E-state index in [2.05, 4.69) is 0 Å². The van der Waals surface area contributed by atoms with Crippen LogP contribution in [0.4, 0.5) is 0 Å². The topological polar surface area (TPSA) is 29.5 Å². The van der Waals surface area contributed by atoms with Crippen LogP contribution in [-0.4, -0.2) is 31.0 Å². The predicted octanol–water partition coefficient (Wildman–Crippen LogP) is 2.17. The van der Waals surface area contributed by atoms with Crippen molar-refractivity contribution in [2.75, 3.05) is 20.2 Å². The molecule has 1 aliphatic heterocycles. The Labute approximate surface area is 102 Å². The van der Waals surface area contributed by atoms with Crippen LogP contribution in [-0.2, 0) is 15.1 Å². The van der Waals surface area contributed by atoms with Crippen molar-refractivity contribution in [3.8, 4) is 0 Å². The zero-order chi connectivity index (χ0) is 12.3. The minimum Gasteiger partial charge on any atom is -0.364 e. The number of rotatable bonds is 3. The first kappa shape index (κ1) is 12.1. The Bertz CT molecular complexity index is 384. The fourth-order valence-corrected chi connectivity index (χ4v) is 2.31. The van der Waals surface area contributed by atoms with Crippen LogP contribution in [0, 0.1) is 0 Å². The lowest BCUT2D eigenvalue weighted by Crippen LogP contribution is -2.45. The van der Waals surface area contributed by atoms with Gasteiger partial charge in [-0.3, -0.25) is 4.79 Å². The summed E-state index contributed by atoms with van der Waals surface area (Å²) in [4.78, 5) is 14.4. The lowest BCUT2D eigenvalue weighted by molar-refractivity contribution is -0.153. The van der Waals surface area contributed by atoms with Gasteiger partial charge in [-0.25, -0.2) is 0 Å². The van der Waals surface area contributed by atoms with Gasteiger partial charge in [-0.1, -0.05) is 30.3 Å². The number of carbonyl (C=O) groups excluding carboxylic acids is 1. The van der Waals surface area contributed by atoms with Crippen molar-refractivity contribution < 1.29 is 9.53 Å². The highest BCUT2D eigenvalue weighted by atomic mass is 16.5. The molecule has 1 aliphatic rings. The number of benzene rings is 1. The monoisotopic (exact) mass is 233 g/mol. The second-order valence-electron chi connectivity index (χ2n) is 4.60. The summed E-state index contributed by atoms with van der Waals surface area (Å²) in [5.74, 6) is 0.0729. The summed E-state index contributed by atoms with van der Waals surface area (Å²) in [7, 11) is 1.60. The first-order valence-corrected chi connectivity index (χ1v) is 6.08. The number of ether oxygens (including phenoxy) is 1. The molecule has 0 radical (unpaired) electrons. The first-order chi connectivity index (χ1) is 8.18. The van der Waals surface area contributed by atoms with Crippen LogP contribution in [0.3, 0.4) is 0 Å². The van der Waals surface area contributed by atoms with Crippen molar-refractivity contribution in [3.63, 3.8) is 0 Å². The molecule has 1 saturated heterocycles. The molecule has 0 unspecified atom stereocenters. The molecule has 3 heteroatoms. The summed E-state index contributed by atoms with van der Waals surface area (Å²) in [6, 6.07) is 9.70. The molecular weight excluding hydrogens is 214 g/mol. The average Bonchev–Trinajstić information content (AvgIpc) is 2.92. The van der Waals surface area contributed by atoms with E-state index in [4.69, 9.17) is 4.74 Å². The molecule has 1 heterocycles. The molecule has 2 rings (SSSR count). The molecule has 0 saturated carbocycles. The standard InChI is InChI=1S/C14H19NO2/c1-14(17-2,12-8-4-3-5-9-12)13(16)15-10-6-7-11-15/h3-5,8-9H,6-7,10-11H2,1-2H3/t14-/m0/s1. The van der Waals surface area contributed by atoms with Crippen molar-refractivity contribution in [1.29, 1.82) is 0 Å². The Kier molecular flexibility index (Phi) is 3.48. The number of hydrogen-bond donors (Lipinski definition) is 0. The minimum atomic E-state index is -0.856. The van der Waals surface area contributed by atoms with E-state index in [1.807, 2.05) is 42.2 Å². The van der Waals surface area contributed by atoms with Gasteiger partial charge in [0.1, 0.15) is 0 Å². The van der Waals surface area contributed by atoms with Gasteiger partial charge < -0.3 is 9.64 Å². The van der Waals surface area contributed by atoms with Gasteiger partial charge in [0.25, 0.3) is 5.91 Å². The molecule has 1 atom stereocenters. The smallest absolute Gasteiger partial charge is 0.259 e. The average molecular weight is 233 g/mol. The second kappa shape index (κ2) is 4.88. The van der Waals surface area contributed by atoms with Gasteiger partial charge in [0.05, 0.1) is 0 Å². The second-order valence-corrected chi connectivity index (χ2v) is 4.60. The molecule has 1 aromatic carbocycles. The van der Waals surface area contributed by atoms with Gasteiger partial charge in [0.2, 0.25) is 0 Å². The zero-order valence-corrected chi connectivity index (χ0v) is 10.5. The lowest BCUT2D eigenvalue weighted by Gasteiger charge is -2.31. The number of amides is 1. The highest BCUT2D eigenvalue weighted by molar-refractivity contribution is 5.86. The summed E-state index contributed by atoms with van der Waals surface area (Å²) in [6.07, 6.45) is 2.20. The van der Waals surface area contributed by atoms with Crippen molar-refractivity contribution in [2.45, 2.75) is 25.4 Å². The SMILES string of the molecule is CO[C@](C)(C(=O)N1CCCC1)c1ccccc1. The van der Waals surface area contributed by atoms with Gasteiger partial charge >= 0.3 is 0 Å². The molecule has 0 aliphatic carbocycles. The molecule has 1 aromatic rings. The van der Waals surface area contributed by atoms with E-state index in [0.29, 0.717) is 0 Å². The van der Waals surface area contributed by atoms with Crippen molar-refractivity contribution in [3.05, 3.63) is 35.9 Å². The van der Waals surface area contributed by atoms with Gasteiger partial charge in [0.15, 0.2) is 5.60 Å². The molecular formula is C14H19NO2. The maximum atomic E-state index is 12.5. The Morgan fingerprint density at radius 3 is 2.35 bits per heavy atom. The van der Waals surface area contributed by atoms with Crippen LogP contribution < -0.4 is 0 Å². The third-order valence-corrected chi connectivity index (χ3v) is 3.53. The maximum Gasteiger partial charge on any atom is 0.259 e. The molecule has 17 heavy (non-hydrogen) atoms. The van der Waals surface area contributed by atoms with Gasteiger partial charge in [0, 0.05) is 20.2 Å². The molecule has 1 amide bonds. The van der Waals surface area contributed by atoms with E-state index in [0.717, 1.165) is 31.5 Å². The van der Waals surface area contributed by atoms with Crippen LogP contribution in [0.15, 0.2) is 30.3 Å². The summed E-state index contributed by atoms with van der Waals surface area (Å²) in [5.41, 5.74) is 0.0606. The Balaban J connectivity index is 2.27. The number of methoxy groups -OCH3 is 1. The molecule has 92 valence electrons. The molecule has 0 N–H and O–H groups in total. The summed E-state index contributed by atoms with van der Waals surface area (Å²) in [6.45, 7) is 3.55. The highest BCUT2D eigenvalue weighted by Crippen LogP contribution is 2.28. The van der Waals surface area contributed by atoms with E-state index in [-0.39, 0.29) is 5.91 Å². The Morgan fingerprint density at radius 1 is 1.24 bits per heavy atom. The third-order valence-electron chi connectivity index (χ3n) is 3.53. The summed E-state index contributed by atoms with van der Waals surface area (Å²) in [5, 5.41) is 0.